The van der Waals surface area contributed by atoms with Gasteiger partial charge in [0.25, 0.3) is 0 Å². The summed E-state index contributed by atoms with van der Waals surface area (Å²) >= 11 is 0. The van der Waals surface area contributed by atoms with Gasteiger partial charge in [-0.25, -0.2) is 8.42 Å². The van der Waals surface area contributed by atoms with Gasteiger partial charge < -0.3 is 9.04 Å². The van der Waals surface area contributed by atoms with Crippen LogP contribution in [0.25, 0.3) is 0 Å². The number of piperidine rings is 1. The van der Waals surface area contributed by atoms with Crippen molar-refractivity contribution in [3.05, 3.63) is 0 Å². The second kappa shape index (κ2) is 15.9. The van der Waals surface area contributed by atoms with Crippen molar-refractivity contribution in [3.8, 4) is 0 Å². The summed E-state index contributed by atoms with van der Waals surface area (Å²) in [6, 6.07) is 0. The number of quaternary nitrogens is 1. The first-order valence-corrected chi connectivity index (χ1v) is 12.9. The minimum absolute atomic E-state index is 0.604. The van der Waals surface area contributed by atoms with Gasteiger partial charge in [-0.15, -0.1) is 0 Å². The molecule has 158 valence electrons. The summed E-state index contributed by atoms with van der Waals surface area (Å²) in [7, 11) is -3.92. The van der Waals surface area contributed by atoms with Crippen molar-refractivity contribution < 1.29 is 17.5 Å². The van der Waals surface area contributed by atoms with Crippen molar-refractivity contribution in [1.82, 2.24) is 0 Å². The second-order valence-electron chi connectivity index (χ2n) is 8.18. The van der Waals surface area contributed by atoms with E-state index < -0.39 is 10.1 Å². The maximum atomic E-state index is 9.08. The Morgan fingerprint density at radius 2 is 1.12 bits per heavy atom. The van der Waals surface area contributed by atoms with E-state index in [4.69, 9.17) is 13.0 Å². The molecule has 0 radical (unpaired) electrons. The van der Waals surface area contributed by atoms with Crippen molar-refractivity contribution in [2.24, 2.45) is 0 Å². The lowest BCUT2D eigenvalue weighted by Gasteiger charge is -2.41. The summed E-state index contributed by atoms with van der Waals surface area (Å²) in [5, 5.41) is 0. The van der Waals surface area contributed by atoms with Crippen LogP contribution in [0.5, 0.6) is 0 Å². The monoisotopic (exact) mass is 391 g/mol. The molecule has 1 saturated heterocycles. The van der Waals surface area contributed by atoms with Gasteiger partial charge in [0.2, 0.25) is 0 Å². The van der Waals surface area contributed by atoms with E-state index in [9.17, 15) is 0 Å². The van der Waals surface area contributed by atoms with Gasteiger partial charge in [-0.05, 0) is 38.5 Å². The topological polar surface area (TPSA) is 57.2 Å². The molecule has 0 amide bonds. The molecule has 0 aromatic rings. The average Bonchev–Trinajstić information content (AvgIpc) is 2.56. The quantitative estimate of drug-likeness (QED) is 0.237. The van der Waals surface area contributed by atoms with Crippen LogP contribution in [0, 0.1) is 0 Å². The van der Waals surface area contributed by atoms with E-state index in [2.05, 4.69) is 13.8 Å². The van der Waals surface area contributed by atoms with E-state index in [-0.39, 0.29) is 0 Å². The van der Waals surface area contributed by atoms with Gasteiger partial charge in [0, 0.05) is 6.26 Å². The van der Waals surface area contributed by atoms with E-state index in [0.29, 0.717) is 6.26 Å². The molecule has 26 heavy (non-hydrogen) atoms. The summed E-state index contributed by atoms with van der Waals surface area (Å²) in [4.78, 5) is 0. The Bertz CT molecular complexity index is 390. The van der Waals surface area contributed by atoms with Gasteiger partial charge in [0.05, 0.1) is 36.3 Å². The fraction of sp³-hybridized carbons (Fsp3) is 1.00. The van der Waals surface area contributed by atoms with Crippen molar-refractivity contribution in [2.75, 3.05) is 32.4 Å². The molecule has 1 fully saturated rings. The van der Waals surface area contributed by atoms with E-state index in [1.807, 2.05) is 0 Å². The summed E-state index contributed by atoms with van der Waals surface area (Å²) in [5.74, 6) is 0. The first kappa shape index (κ1) is 25.9. The van der Waals surface area contributed by atoms with Gasteiger partial charge in [-0.1, -0.05) is 65.2 Å². The molecule has 0 bridgehead atoms. The molecule has 1 aliphatic heterocycles. The fourth-order valence-electron chi connectivity index (χ4n) is 4.15. The highest BCUT2D eigenvalue weighted by Gasteiger charge is 2.27. The molecule has 0 atom stereocenters. The van der Waals surface area contributed by atoms with Crippen LogP contribution in [0.15, 0.2) is 0 Å². The molecule has 1 heterocycles. The van der Waals surface area contributed by atoms with Crippen LogP contribution >= 0.6 is 0 Å². The molecule has 1 rings (SSSR count). The molecule has 0 N–H and O–H groups in total. The lowest BCUT2D eigenvalue weighted by Crippen LogP contribution is -2.52. The lowest BCUT2D eigenvalue weighted by molar-refractivity contribution is -0.932. The maximum absolute atomic E-state index is 9.08. The van der Waals surface area contributed by atoms with E-state index in [1.165, 1.54) is 121 Å². The summed E-state index contributed by atoms with van der Waals surface area (Å²) in [6.07, 6.45) is 21.1. The van der Waals surface area contributed by atoms with E-state index >= 15 is 0 Å². The zero-order valence-electron chi connectivity index (χ0n) is 17.8. The van der Waals surface area contributed by atoms with Gasteiger partial charge in [-0.3, -0.25) is 0 Å². The number of rotatable bonds is 13. The molecular formula is C21H45NO3S. The third-order valence-corrected chi connectivity index (χ3v) is 5.45. The number of hydrogen-bond donors (Lipinski definition) is 0. The zero-order valence-corrected chi connectivity index (χ0v) is 18.6. The molecule has 0 unspecified atom stereocenters. The van der Waals surface area contributed by atoms with Crippen LogP contribution in [0.1, 0.15) is 104 Å². The molecule has 4 nitrogen and oxygen atoms in total. The Kier molecular flexibility index (Phi) is 15.8. The van der Waals surface area contributed by atoms with E-state index in [0.717, 1.165) is 0 Å². The number of nitrogens with zero attached hydrogens (tertiary/aromatic N) is 1. The molecule has 0 saturated carbocycles. The largest absolute Gasteiger partial charge is 0.748 e. The summed E-state index contributed by atoms with van der Waals surface area (Å²) in [6.45, 7) is 10.5. The molecular weight excluding hydrogens is 346 g/mol. The van der Waals surface area contributed by atoms with Crippen LogP contribution in [0.3, 0.4) is 0 Å². The van der Waals surface area contributed by atoms with Crippen molar-refractivity contribution in [2.45, 2.75) is 104 Å². The highest BCUT2D eigenvalue weighted by atomic mass is 32.2. The molecule has 0 aromatic heterocycles. The van der Waals surface area contributed by atoms with E-state index in [1.54, 1.807) is 0 Å². The Morgan fingerprint density at radius 1 is 0.692 bits per heavy atom. The number of hydrogen-bond acceptors (Lipinski definition) is 3. The van der Waals surface area contributed by atoms with Crippen LogP contribution in [0.2, 0.25) is 0 Å². The number of likely N-dealkylation sites (tertiary alicyclic amines) is 1. The van der Waals surface area contributed by atoms with Crippen LogP contribution in [-0.4, -0.2) is 49.9 Å². The SMILES string of the molecule is CCCCCCCCCCCC[N+]1(CCC)CCCCC1.CS(=O)(=O)[O-]. The first-order valence-electron chi connectivity index (χ1n) is 11.1. The normalized spacial score (nSPS) is 16.8. The Balaban J connectivity index is 0.00000110. The standard InChI is InChI=1S/C20H42N.CH4O3S/c1-3-5-6-7-8-9-10-11-12-14-18-21(17-4-2)19-15-13-16-20-21;1-5(2,3)4/h3-20H2,1-2H3;1H3,(H,2,3,4)/q+1;/p-1. The minimum Gasteiger partial charge on any atom is -0.748 e. The minimum atomic E-state index is -3.92. The lowest BCUT2D eigenvalue weighted by atomic mass is 10.0. The van der Waals surface area contributed by atoms with Gasteiger partial charge >= 0.3 is 0 Å². The Hall–Kier alpha value is -0.130. The molecule has 0 aromatic carbocycles. The fourth-order valence-corrected chi connectivity index (χ4v) is 4.15. The van der Waals surface area contributed by atoms with Gasteiger partial charge in [0.1, 0.15) is 0 Å². The molecule has 0 spiro atoms. The molecule has 0 aliphatic carbocycles. The molecule has 1 aliphatic rings. The third-order valence-electron chi connectivity index (χ3n) is 5.45. The second-order valence-corrected chi connectivity index (χ2v) is 9.59. The van der Waals surface area contributed by atoms with Crippen molar-refractivity contribution >= 4 is 10.1 Å². The first-order chi connectivity index (χ1) is 12.3. The predicted octanol–water partition coefficient (Wildman–Crippen LogP) is 5.48. The average molecular weight is 392 g/mol. The summed E-state index contributed by atoms with van der Waals surface area (Å²) < 4.78 is 28.7. The number of unbranched alkanes of at least 4 members (excludes halogenated alkanes) is 9. The highest BCUT2D eigenvalue weighted by Crippen LogP contribution is 2.21. The maximum Gasteiger partial charge on any atom is 0.0916 e. The Morgan fingerprint density at radius 3 is 1.54 bits per heavy atom. The van der Waals surface area contributed by atoms with Crippen molar-refractivity contribution in [1.29, 1.82) is 0 Å². The summed E-state index contributed by atoms with van der Waals surface area (Å²) in [5.41, 5.74) is 0. The van der Waals surface area contributed by atoms with Crippen LogP contribution < -0.4 is 0 Å². The van der Waals surface area contributed by atoms with Crippen LogP contribution in [-0.2, 0) is 10.1 Å². The van der Waals surface area contributed by atoms with Crippen LogP contribution in [0.4, 0.5) is 0 Å². The highest BCUT2D eigenvalue weighted by molar-refractivity contribution is 7.84. The third kappa shape index (κ3) is 17.3. The smallest absolute Gasteiger partial charge is 0.0916 e. The zero-order chi connectivity index (χ0) is 19.7. The van der Waals surface area contributed by atoms with Crippen molar-refractivity contribution in [3.63, 3.8) is 0 Å². The van der Waals surface area contributed by atoms with Gasteiger partial charge in [-0.2, -0.15) is 0 Å². The Labute approximate surface area is 164 Å². The predicted molar refractivity (Wildman–Crippen MR) is 111 cm³/mol. The van der Waals surface area contributed by atoms with Gasteiger partial charge in [0.15, 0.2) is 0 Å². The molecule has 5 heteroatoms.